The number of rotatable bonds is 4. The standard InChI is InChI=1S/C17H32N2O/c1-18-13-15-5-6-16(20-15)14-19-11-9-17(10-12-19)7-3-2-4-8-17/h15-16,18H,2-14H2,1H3. The summed E-state index contributed by atoms with van der Waals surface area (Å²) in [5.74, 6) is 0. The summed E-state index contributed by atoms with van der Waals surface area (Å²) >= 11 is 0. The number of hydrogen-bond acceptors (Lipinski definition) is 3. The van der Waals surface area contributed by atoms with Crippen LogP contribution in [0.3, 0.4) is 0 Å². The summed E-state index contributed by atoms with van der Waals surface area (Å²) in [6, 6.07) is 0. The first-order valence-electron chi connectivity index (χ1n) is 8.82. The van der Waals surface area contributed by atoms with E-state index in [0.717, 1.165) is 12.0 Å². The van der Waals surface area contributed by atoms with E-state index in [2.05, 4.69) is 10.2 Å². The zero-order valence-electron chi connectivity index (χ0n) is 13.2. The van der Waals surface area contributed by atoms with Crippen molar-refractivity contribution in [2.45, 2.75) is 70.0 Å². The van der Waals surface area contributed by atoms with Gasteiger partial charge in [-0.3, -0.25) is 0 Å². The molecule has 3 nitrogen and oxygen atoms in total. The maximum Gasteiger partial charge on any atom is 0.0707 e. The van der Waals surface area contributed by atoms with Crippen LogP contribution in [-0.2, 0) is 4.74 Å². The molecule has 0 bridgehead atoms. The molecule has 3 heteroatoms. The van der Waals surface area contributed by atoms with Crippen LogP contribution in [0, 0.1) is 5.41 Å². The number of nitrogens with zero attached hydrogens (tertiary/aromatic N) is 1. The molecule has 2 unspecified atom stereocenters. The Labute approximate surface area is 124 Å². The molecule has 1 spiro atoms. The van der Waals surface area contributed by atoms with Gasteiger partial charge in [0.1, 0.15) is 0 Å². The third-order valence-corrected chi connectivity index (χ3v) is 5.92. The molecular weight excluding hydrogens is 248 g/mol. The van der Waals surface area contributed by atoms with Gasteiger partial charge in [-0.2, -0.15) is 0 Å². The van der Waals surface area contributed by atoms with Gasteiger partial charge in [-0.15, -0.1) is 0 Å². The van der Waals surface area contributed by atoms with Crippen molar-refractivity contribution < 1.29 is 4.74 Å². The molecule has 0 aromatic carbocycles. The van der Waals surface area contributed by atoms with Gasteiger partial charge in [0.15, 0.2) is 0 Å². The number of hydrogen-bond donors (Lipinski definition) is 1. The van der Waals surface area contributed by atoms with Crippen molar-refractivity contribution in [1.29, 1.82) is 0 Å². The van der Waals surface area contributed by atoms with Gasteiger partial charge < -0.3 is 15.0 Å². The minimum absolute atomic E-state index is 0.458. The Hall–Kier alpha value is -0.120. The topological polar surface area (TPSA) is 24.5 Å². The number of piperidine rings is 1. The molecule has 1 saturated carbocycles. The van der Waals surface area contributed by atoms with Crippen molar-refractivity contribution in [3.05, 3.63) is 0 Å². The smallest absolute Gasteiger partial charge is 0.0707 e. The second-order valence-corrected chi connectivity index (χ2v) is 7.38. The van der Waals surface area contributed by atoms with Gasteiger partial charge in [0.05, 0.1) is 12.2 Å². The normalized spacial score (nSPS) is 34.6. The van der Waals surface area contributed by atoms with Crippen molar-refractivity contribution in [1.82, 2.24) is 10.2 Å². The highest BCUT2D eigenvalue weighted by Gasteiger charge is 2.36. The summed E-state index contributed by atoms with van der Waals surface area (Å²) in [6.45, 7) is 4.82. The largest absolute Gasteiger partial charge is 0.372 e. The molecule has 20 heavy (non-hydrogen) atoms. The van der Waals surface area contributed by atoms with Gasteiger partial charge in [-0.1, -0.05) is 19.3 Å². The average molecular weight is 280 g/mol. The molecule has 1 aliphatic carbocycles. The number of nitrogens with one attached hydrogen (secondary N) is 1. The summed E-state index contributed by atoms with van der Waals surface area (Å²) in [6.07, 6.45) is 13.8. The molecule has 3 fully saturated rings. The van der Waals surface area contributed by atoms with Crippen LogP contribution in [0.5, 0.6) is 0 Å². The van der Waals surface area contributed by atoms with Gasteiger partial charge in [-0.25, -0.2) is 0 Å². The second kappa shape index (κ2) is 6.76. The molecule has 2 aliphatic heterocycles. The van der Waals surface area contributed by atoms with Crippen LogP contribution in [-0.4, -0.2) is 50.3 Å². The highest BCUT2D eigenvalue weighted by Crippen LogP contribution is 2.44. The van der Waals surface area contributed by atoms with E-state index >= 15 is 0 Å². The molecule has 1 N–H and O–H groups in total. The number of ether oxygens (including phenoxy) is 1. The zero-order valence-corrected chi connectivity index (χ0v) is 13.2. The van der Waals surface area contributed by atoms with Crippen molar-refractivity contribution in [2.75, 3.05) is 33.2 Å². The highest BCUT2D eigenvalue weighted by molar-refractivity contribution is 4.89. The van der Waals surface area contributed by atoms with E-state index in [-0.39, 0.29) is 0 Å². The Balaban J connectivity index is 1.40. The number of likely N-dealkylation sites (N-methyl/N-ethyl adjacent to an activating group) is 1. The van der Waals surface area contributed by atoms with Crippen LogP contribution < -0.4 is 5.32 Å². The Morgan fingerprint density at radius 2 is 1.70 bits per heavy atom. The van der Waals surface area contributed by atoms with Gasteiger partial charge in [-0.05, 0) is 64.1 Å². The summed E-state index contributed by atoms with van der Waals surface area (Å²) in [7, 11) is 2.02. The van der Waals surface area contributed by atoms with Gasteiger partial charge >= 0.3 is 0 Å². The molecule has 2 saturated heterocycles. The highest BCUT2D eigenvalue weighted by atomic mass is 16.5. The Morgan fingerprint density at radius 3 is 2.40 bits per heavy atom. The van der Waals surface area contributed by atoms with E-state index in [1.165, 1.54) is 77.4 Å². The molecule has 3 rings (SSSR count). The summed E-state index contributed by atoms with van der Waals surface area (Å²) in [4.78, 5) is 2.67. The third-order valence-electron chi connectivity index (χ3n) is 5.92. The predicted molar refractivity (Wildman–Crippen MR) is 83.0 cm³/mol. The molecule has 0 radical (unpaired) electrons. The summed E-state index contributed by atoms with van der Waals surface area (Å²) in [5.41, 5.74) is 0.736. The van der Waals surface area contributed by atoms with Crippen LogP contribution in [0.1, 0.15) is 57.8 Å². The Bertz CT molecular complexity index is 291. The lowest BCUT2D eigenvalue weighted by atomic mass is 9.68. The van der Waals surface area contributed by atoms with E-state index in [1.807, 2.05) is 7.05 Å². The van der Waals surface area contributed by atoms with Crippen molar-refractivity contribution in [2.24, 2.45) is 5.41 Å². The van der Waals surface area contributed by atoms with Crippen LogP contribution in [0.2, 0.25) is 0 Å². The monoisotopic (exact) mass is 280 g/mol. The van der Waals surface area contributed by atoms with Crippen LogP contribution >= 0.6 is 0 Å². The summed E-state index contributed by atoms with van der Waals surface area (Å²) in [5, 5.41) is 3.23. The second-order valence-electron chi connectivity index (χ2n) is 7.38. The fourth-order valence-electron chi connectivity index (χ4n) is 4.59. The lowest BCUT2D eigenvalue weighted by molar-refractivity contribution is 0.00197. The quantitative estimate of drug-likeness (QED) is 0.857. The first-order valence-corrected chi connectivity index (χ1v) is 8.82. The Kier molecular flexibility index (Phi) is 5.00. The molecule has 0 amide bonds. The SMILES string of the molecule is CNCC1CCC(CN2CCC3(CCCCC3)CC2)O1. The minimum atomic E-state index is 0.458. The average Bonchev–Trinajstić information content (AvgIpc) is 2.91. The number of likely N-dealkylation sites (tertiary alicyclic amines) is 1. The van der Waals surface area contributed by atoms with E-state index in [0.29, 0.717) is 12.2 Å². The van der Waals surface area contributed by atoms with E-state index in [9.17, 15) is 0 Å². The van der Waals surface area contributed by atoms with Gasteiger partial charge in [0, 0.05) is 13.1 Å². The third kappa shape index (κ3) is 3.55. The van der Waals surface area contributed by atoms with Crippen LogP contribution in [0.15, 0.2) is 0 Å². The van der Waals surface area contributed by atoms with E-state index in [1.54, 1.807) is 0 Å². The fraction of sp³-hybridized carbons (Fsp3) is 1.00. The molecule has 2 atom stereocenters. The maximum absolute atomic E-state index is 6.14. The fourth-order valence-corrected chi connectivity index (χ4v) is 4.59. The molecular formula is C17H32N2O. The Morgan fingerprint density at radius 1 is 1.00 bits per heavy atom. The first-order chi connectivity index (χ1) is 9.80. The first kappa shape index (κ1) is 14.8. The van der Waals surface area contributed by atoms with Gasteiger partial charge in [0.25, 0.3) is 0 Å². The van der Waals surface area contributed by atoms with Crippen LogP contribution in [0.4, 0.5) is 0 Å². The van der Waals surface area contributed by atoms with E-state index < -0.39 is 0 Å². The lowest BCUT2D eigenvalue weighted by Crippen LogP contribution is -2.44. The van der Waals surface area contributed by atoms with Crippen molar-refractivity contribution in [3.8, 4) is 0 Å². The maximum atomic E-state index is 6.14. The molecule has 0 aromatic rings. The molecule has 2 heterocycles. The molecule has 3 aliphatic rings. The summed E-state index contributed by atoms with van der Waals surface area (Å²) < 4.78 is 6.14. The van der Waals surface area contributed by atoms with E-state index in [4.69, 9.17) is 4.74 Å². The van der Waals surface area contributed by atoms with Crippen LogP contribution in [0.25, 0.3) is 0 Å². The zero-order chi connectivity index (χ0) is 13.8. The van der Waals surface area contributed by atoms with Crippen molar-refractivity contribution in [3.63, 3.8) is 0 Å². The van der Waals surface area contributed by atoms with Gasteiger partial charge in [0.2, 0.25) is 0 Å². The van der Waals surface area contributed by atoms with Crippen molar-refractivity contribution >= 4 is 0 Å². The molecule has 116 valence electrons. The minimum Gasteiger partial charge on any atom is -0.372 e. The lowest BCUT2D eigenvalue weighted by Gasteiger charge is -2.44. The predicted octanol–water partition coefficient (Wildman–Crippen LogP) is 2.80. The molecule has 0 aromatic heterocycles.